The van der Waals surface area contributed by atoms with E-state index in [1.807, 2.05) is 36.4 Å². The van der Waals surface area contributed by atoms with Gasteiger partial charge in [-0.2, -0.15) is 0 Å². The van der Waals surface area contributed by atoms with Crippen LogP contribution in [0.5, 0.6) is 0 Å². The fourth-order valence-electron chi connectivity index (χ4n) is 11.7. The van der Waals surface area contributed by atoms with Crippen molar-refractivity contribution in [1.82, 2.24) is 39.5 Å². The number of fused-ring (bicyclic) bond motifs is 3. The highest BCUT2D eigenvalue weighted by molar-refractivity contribution is 5.93. The predicted molar refractivity (Wildman–Crippen MR) is 284 cm³/mol. The van der Waals surface area contributed by atoms with Gasteiger partial charge in [0.05, 0.1) is 34.2 Å². The average Bonchev–Trinajstić information content (AvgIpc) is 4.16. The Balaban J connectivity index is 0.891. The summed E-state index contributed by atoms with van der Waals surface area (Å²) in [5, 5.41) is 2.32. The maximum absolute atomic E-state index is 14.8. The Morgan fingerprint density at radius 1 is 0.514 bits per heavy atom. The first kappa shape index (κ1) is 47.1. The van der Waals surface area contributed by atoms with Gasteiger partial charge in [0.15, 0.2) is 0 Å². The molecule has 8 atom stereocenters. The van der Waals surface area contributed by atoms with Crippen molar-refractivity contribution in [3.63, 3.8) is 0 Å². The molecule has 360 valence electrons. The molecule has 2 saturated heterocycles. The van der Waals surface area contributed by atoms with Gasteiger partial charge in [-0.25, -0.2) is 9.97 Å². The number of likely N-dealkylation sites (tertiary alicyclic amines) is 2. The number of carbonyl (C=O) groups excluding carboxylic acids is 2. The molecule has 2 amide bonds. The molecule has 0 bridgehead atoms. The van der Waals surface area contributed by atoms with Crippen molar-refractivity contribution in [2.45, 2.75) is 104 Å². The van der Waals surface area contributed by atoms with Crippen LogP contribution < -0.4 is 0 Å². The smallest absolute Gasteiger partial charge is 0.245 e. The maximum atomic E-state index is 14.8. The van der Waals surface area contributed by atoms with Crippen LogP contribution in [0.3, 0.4) is 0 Å². The van der Waals surface area contributed by atoms with Crippen molar-refractivity contribution < 1.29 is 9.59 Å². The monoisotopic (exact) mass is 933 g/mol. The minimum Gasteiger partial charge on any atom is -0.340 e. The maximum Gasteiger partial charge on any atom is 0.245 e. The summed E-state index contributed by atoms with van der Waals surface area (Å²) < 4.78 is 0. The molecule has 10 rings (SSSR count). The lowest BCUT2D eigenvalue weighted by molar-refractivity contribution is -0.141. The van der Waals surface area contributed by atoms with Gasteiger partial charge in [0.1, 0.15) is 23.7 Å². The topological polar surface area (TPSA) is 104 Å². The molecule has 2 aliphatic rings. The van der Waals surface area contributed by atoms with E-state index in [-0.39, 0.29) is 48.1 Å². The van der Waals surface area contributed by atoms with Crippen molar-refractivity contribution in [2.24, 2.45) is 11.8 Å². The van der Waals surface area contributed by atoms with Gasteiger partial charge in [0.2, 0.25) is 11.8 Å². The predicted octanol–water partition coefficient (Wildman–Crippen LogP) is 12.7. The molecule has 2 fully saturated rings. The van der Waals surface area contributed by atoms with Crippen LogP contribution in [0.25, 0.3) is 55.1 Å². The summed E-state index contributed by atoms with van der Waals surface area (Å²) in [5.41, 5.74) is 10.3. The minimum atomic E-state index is -0.350. The summed E-state index contributed by atoms with van der Waals surface area (Å²) in [6.45, 7) is 20.6. The van der Waals surface area contributed by atoms with Crippen molar-refractivity contribution in [2.75, 3.05) is 26.2 Å². The highest BCUT2D eigenvalue weighted by Gasteiger charge is 2.46. The third kappa shape index (κ3) is 8.59. The lowest BCUT2D eigenvalue weighted by Crippen LogP contribution is -2.46. The Kier molecular flexibility index (Phi) is 13.2. The van der Waals surface area contributed by atoms with Gasteiger partial charge in [-0.15, -0.1) is 0 Å². The first-order valence-electron chi connectivity index (χ1n) is 25.8. The van der Waals surface area contributed by atoms with Crippen LogP contribution in [0.1, 0.15) is 115 Å². The molecule has 0 saturated carbocycles. The zero-order chi connectivity index (χ0) is 48.8. The molecule has 0 radical (unpaired) electrons. The number of H-pyrrole nitrogens is 2. The van der Waals surface area contributed by atoms with Gasteiger partial charge >= 0.3 is 0 Å². The lowest BCUT2D eigenvalue weighted by Gasteiger charge is -2.36. The second kappa shape index (κ2) is 19.6. The van der Waals surface area contributed by atoms with Gasteiger partial charge in [0.25, 0.3) is 0 Å². The summed E-state index contributed by atoms with van der Waals surface area (Å²) in [6, 6.07) is 45.9. The number of aromatic amines is 2. The van der Waals surface area contributed by atoms with Crippen molar-refractivity contribution in [3.8, 4) is 22.3 Å². The summed E-state index contributed by atoms with van der Waals surface area (Å²) in [6.07, 6.45) is 1.71. The van der Waals surface area contributed by atoms with E-state index in [1.165, 1.54) is 0 Å². The Labute approximate surface area is 413 Å². The van der Waals surface area contributed by atoms with Crippen LogP contribution in [0.15, 0.2) is 133 Å². The molecule has 4 heterocycles. The van der Waals surface area contributed by atoms with E-state index in [2.05, 4.69) is 182 Å². The van der Waals surface area contributed by atoms with Gasteiger partial charge in [-0.3, -0.25) is 19.4 Å². The van der Waals surface area contributed by atoms with E-state index in [0.717, 1.165) is 117 Å². The number of carbonyl (C=O) groups is 2. The van der Waals surface area contributed by atoms with Gasteiger partial charge < -0.3 is 19.8 Å². The number of amides is 2. The van der Waals surface area contributed by atoms with Crippen LogP contribution in [0.4, 0.5) is 0 Å². The summed E-state index contributed by atoms with van der Waals surface area (Å²) in [4.78, 5) is 55.9. The Bertz CT molecular complexity index is 2930. The quantitative estimate of drug-likeness (QED) is 0.113. The van der Waals surface area contributed by atoms with Crippen LogP contribution in [-0.4, -0.2) is 89.6 Å². The second-order valence-corrected chi connectivity index (χ2v) is 20.0. The van der Waals surface area contributed by atoms with E-state index < -0.39 is 0 Å². The normalized spacial score (nSPS) is 21.5. The molecule has 70 heavy (non-hydrogen) atoms. The van der Waals surface area contributed by atoms with E-state index in [1.54, 1.807) is 0 Å². The molecule has 8 aromatic rings. The van der Waals surface area contributed by atoms with Crippen LogP contribution in [-0.2, 0) is 9.59 Å². The van der Waals surface area contributed by atoms with E-state index in [4.69, 9.17) is 9.97 Å². The van der Waals surface area contributed by atoms with Gasteiger partial charge in [-0.1, -0.05) is 139 Å². The third-order valence-corrected chi connectivity index (χ3v) is 16.1. The number of imidazole rings is 2. The van der Waals surface area contributed by atoms with Crippen molar-refractivity contribution >= 4 is 44.7 Å². The van der Waals surface area contributed by atoms with Crippen LogP contribution >= 0.6 is 0 Å². The third-order valence-electron chi connectivity index (χ3n) is 16.1. The van der Waals surface area contributed by atoms with Crippen molar-refractivity contribution in [3.05, 3.63) is 156 Å². The summed E-state index contributed by atoms with van der Waals surface area (Å²) in [7, 11) is 0. The number of hydrogen-bond acceptors (Lipinski definition) is 6. The zero-order valence-electron chi connectivity index (χ0n) is 42.1. The summed E-state index contributed by atoms with van der Waals surface area (Å²) >= 11 is 0. The van der Waals surface area contributed by atoms with E-state index in [0.29, 0.717) is 11.8 Å². The highest BCUT2D eigenvalue weighted by atomic mass is 16.2. The van der Waals surface area contributed by atoms with E-state index >= 15 is 0 Å². The molecule has 0 unspecified atom stereocenters. The number of hydrogen-bond donors (Lipinski definition) is 2. The zero-order valence-corrected chi connectivity index (χ0v) is 42.1. The van der Waals surface area contributed by atoms with Crippen LogP contribution in [0.2, 0.25) is 0 Å². The van der Waals surface area contributed by atoms with E-state index in [9.17, 15) is 9.59 Å². The SMILES string of the molecule is CCN(CC)[C@@H](C(=O)N1[C@H](C)[C@H](C)C[C@H]1c1nc2ccc(-c3ccc4cc(-c5ccc6nc([C@@H]7C[C@@H](C)[C@@H](C)N7C(=O)[C@@H](c7ccccc7)N(CC)CC)[nH]c6c5)ccc4c3)cc2[nH]1)c1ccccc1. The largest absolute Gasteiger partial charge is 0.340 e. The molecule has 2 aromatic heterocycles. The first-order chi connectivity index (χ1) is 34.0. The number of rotatable bonds is 14. The Morgan fingerprint density at radius 3 is 1.24 bits per heavy atom. The molecule has 2 N–H and O–H groups in total. The average molecular weight is 933 g/mol. The fourth-order valence-corrected chi connectivity index (χ4v) is 11.7. The number of nitrogens with one attached hydrogen (secondary N) is 2. The number of aromatic nitrogens is 4. The molecular formula is C60H68N8O2. The molecule has 10 nitrogen and oxygen atoms in total. The Morgan fingerprint density at radius 2 is 0.871 bits per heavy atom. The molecular weight excluding hydrogens is 865 g/mol. The molecule has 10 heteroatoms. The van der Waals surface area contributed by atoms with Crippen molar-refractivity contribution in [1.29, 1.82) is 0 Å². The number of nitrogens with zero attached hydrogens (tertiary/aromatic N) is 6. The standard InChI is InChI=1S/C60H68N8O2/c1-9-65(10-2)55(41-19-15-13-16-20-41)59(69)67-39(7)37(5)31-53(67)57-61-49-29-27-47(35-51(49)63-57)45-25-23-44-34-46(26-24-43(44)33-45)48-28-30-50-52(36-48)64-58(62-50)54-32-38(6)40(8)68(54)60(70)56(66(11-3)12-4)42-21-17-14-18-22-42/h13-30,33-40,53-56H,9-12,31-32H2,1-8H3,(H,61,63)(H,62,64)/t37-,38-,39-,40-,53+,54+,55-,56-/m1/s1. The Hall–Kier alpha value is -6.62. The molecule has 6 aromatic carbocycles. The lowest BCUT2D eigenvalue weighted by atomic mass is 9.97. The summed E-state index contributed by atoms with van der Waals surface area (Å²) in [5.74, 6) is 2.65. The number of likely N-dealkylation sites (N-methyl/N-ethyl adjacent to an activating group) is 2. The fraction of sp³-hybridized carbons (Fsp3) is 0.367. The second-order valence-electron chi connectivity index (χ2n) is 20.0. The highest BCUT2D eigenvalue weighted by Crippen LogP contribution is 2.44. The van der Waals surface area contributed by atoms with Gasteiger partial charge in [-0.05, 0) is 145 Å². The van der Waals surface area contributed by atoms with Crippen LogP contribution in [0, 0.1) is 11.8 Å². The number of benzene rings is 6. The molecule has 0 spiro atoms. The minimum absolute atomic E-state index is 0.0819. The first-order valence-corrected chi connectivity index (χ1v) is 25.8. The van der Waals surface area contributed by atoms with Gasteiger partial charge in [0, 0.05) is 12.1 Å². The molecule has 0 aliphatic carbocycles. The molecule has 2 aliphatic heterocycles.